The van der Waals surface area contributed by atoms with Gasteiger partial charge in [-0.3, -0.25) is 9.36 Å². The van der Waals surface area contributed by atoms with E-state index in [-0.39, 0.29) is 5.91 Å². The monoisotopic (exact) mass is 277 g/mol. The van der Waals surface area contributed by atoms with Crippen LogP contribution in [0.15, 0.2) is 67.0 Å². The lowest BCUT2D eigenvalue weighted by atomic mass is 10.2. The van der Waals surface area contributed by atoms with Gasteiger partial charge in [0.05, 0.1) is 11.4 Å². The Balaban J connectivity index is 2.11. The lowest BCUT2D eigenvalue weighted by Crippen LogP contribution is -2.09. The molecule has 4 nitrogen and oxygen atoms in total. The van der Waals surface area contributed by atoms with Gasteiger partial charge in [-0.1, -0.05) is 42.5 Å². The second kappa shape index (κ2) is 5.63. The first-order valence-electron chi connectivity index (χ1n) is 6.71. The van der Waals surface area contributed by atoms with Crippen LogP contribution in [0.5, 0.6) is 0 Å². The summed E-state index contributed by atoms with van der Waals surface area (Å²) in [6.07, 6.45) is 3.65. The van der Waals surface area contributed by atoms with E-state index in [4.69, 9.17) is 0 Å². The number of anilines is 1. The van der Waals surface area contributed by atoms with Gasteiger partial charge in [0.25, 0.3) is 0 Å². The average Bonchev–Trinajstić information content (AvgIpc) is 2.97. The number of carbonyl (C=O) groups excluding carboxylic acids is 1. The van der Waals surface area contributed by atoms with Gasteiger partial charge in [0, 0.05) is 24.9 Å². The van der Waals surface area contributed by atoms with Gasteiger partial charge in [0.15, 0.2) is 0 Å². The molecule has 0 bridgehead atoms. The minimum Gasteiger partial charge on any atom is -0.325 e. The van der Waals surface area contributed by atoms with Crippen molar-refractivity contribution in [2.24, 2.45) is 0 Å². The maximum absolute atomic E-state index is 11.4. The van der Waals surface area contributed by atoms with Crippen molar-refractivity contribution >= 4 is 11.6 Å². The van der Waals surface area contributed by atoms with Crippen molar-refractivity contribution in [3.8, 4) is 17.1 Å². The summed E-state index contributed by atoms with van der Waals surface area (Å²) in [4.78, 5) is 15.8. The van der Waals surface area contributed by atoms with Crippen molar-refractivity contribution in [3.05, 3.63) is 67.0 Å². The fourth-order valence-corrected chi connectivity index (χ4v) is 2.28. The number of benzene rings is 2. The predicted octanol–water partition coefficient (Wildman–Crippen LogP) is 3.50. The van der Waals surface area contributed by atoms with Gasteiger partial charge in [0.1, 0.15) is 5.82 Å². The second-order valence-corrected chi connectivity index (χ2v) is 4.69. The topological polar surface area (TPSA) is 46.9 Å². The Labute approximate surface area is 123 Å². The number of imidazole rings is 1. The Hall–Kier alpha value is -2.88. The first-order chi connectivity index (χ1) is 10.3. The van der Waals surface area contributed by atoms with E-state index in [9.17, 15) is 4.79 Å². The zero-order valence-electron chi connectivity index (χ0n) is 11.7. The highest BCUT2D eigenvalue weighted by Gasteiger charge is 2.11. The molecule has 1 N–H and O–H groups in total. The van der Waals surface area contributed by atoms with Crippen LogP contribution < -0.4 is 5.32 Å². The molecule has 0 fully saturated rings. The summed E-state index contributed by atoms with van der Waals surface area (Å²) >= 11 is 0. The molecule has 1 aromatic heterocycles. The standard InChI is InChI=1S/C17H15N3O/c1-13(21)19-15-9-5-6-10-16(15)20-12-11-18-17(20)14-7-3-2-4-8-14/h2-12H,1H3,(H,19,21). The van der Waals surface area contributed by atoms with E-state index in [2.05, 4.69) is 10.3 Å². The van der Waals surface area contributed by atoms with Gasteiger partial charge in [-0.2, -0.15) is 0 Å². The quantitative estimate of drug-likeness (QED) is 0.796. The van der Waals surface area contributed by atoms with Crippen LogP contribution >= 0.6 is 0 Å². The van der Waals surface area contributed by atoms with Crippen LogP contribution in [0.2, 0.25) is 0 Å². The predicted molar refractivity (Wildman–Crippen MR) is 83.3 cm³/mol. The average molecular weight is 277 g/mol. The molecule has 0 saturated heterocycles. The molecule has 0 atom stereocenters. The maximum Gasteiger partial charge on any atom is 0.221 e. The number of nitrogens with zero attached hydrogens (tertiary/aromatic N) is 2. The highest BCUT2D eigenvalue weighted by Crippen LogP contribution is 2.26. The molecule has 21 heavy (non-hydrogen) atoms. The number of hydrogen-bond acceptors (Lipinski definition) is 2. The number of aromatic nitrogens is 2. The maximum atomic E-state index is 11.4. The fourth-order valence-electron chi connectivity index (χ4n) is 2.28. The molecule has 1 heterocycles. The third kappa shape index (κ3) is 2.69. The third-order valence-corrected chi connectivity index (χ3v) is 3.15. The molecule has 3 rings (SSSR count). The molecule has 4 heteroatoms. The fraction of sp³-hybridized carbons (Fsp3) is 0.0588. The Morgan fingerprint density at radius 1 is 1.05 bits per heavy atom. The van der Waals surface area contributed by atoms with E-state index in [1.54, 1.807) is 6.20 Å². The van der Waals surface area contributed by atoms with E-state index < -0.39 is 0 Å². The van der Waals surface area contributed by atoms with Crippen molar-refractivity contribution in [1.82, 2.24) is 9.55 Å². The van der Waals surface area contributed by atoms with Crippen LogP contribution in [-0.4, -0.2) is 15.5 Å². The summed E-state index contributed by atoms with van der Waals surface area (Å²) in [5.41, 5.74) is 2.68. The van der Waals surface area contributed by atoms with Gasteiger partial charge in [-0.15, -0.1) is 0 Å². The van der Waals surface area contributed by atoms with E-state index in [0.29, 0.717) is 0 Å². The SMILES string of the molecule is CC(=O)Nc1ccccc1-n1ccnc1-c1ccccc1. The molecule has 0 aliphatic carbocycles. The second-order valence-electron chi connectivity index (χ2n) is 4.69. The zero-order valence-corrected chi connectivity index (χ0v) is 11.7. The van der Waals surface area contributed by atoms with Gasteiger partial charge in [-0.25, -0.2) is 4.98 Å². The molecule has 0 unspecified atom stereocenters. The van der Waals surface area contributed by atoms with E-state index in [1.165, 1.54) is 6.92 Å². The number of amides is 1. The summed E-state index contributed by atoms with van der Waals surface area (Å²) in [5.74, 6) is 0.747. The molecule has 2 aromatic carbocycles. The number of para-hydroxylation sites is 2. The van der Waals surface area contributed by atoms with Crippen LogP contribution in [0.25, 0.3) is 17.1 Å². The largest absolute Gasteiger partial charge is 0.325 e. The summed E-state index contributed by atoms with van der Waals surface area (Å²) in [6.45, 7) is 1.50. The first kappa shape index (κ1) is 13.1. The summed E-state index contributed by atoms with van der Waals surface area (Å²) in [5, 5.41) is 2.85. The minimum absolute atomic E-state index is 0.0937. The molecule has 104 valence electrons. The molecule has 1 amide bonds. The molecule has 0 spiro atoms. The number of hydrogen-bond donors (Lipinski definition) is 1. The Kier molecular flexibility index (Phi) is 3.51. The van der Waals surface area contributed by atoms with E-state index >= 15 is 0 Å². The Morgan fingerprint density at radius 2 is 1.76 bits per heavy atom. The molecular weight excluding hydrogens is 262 g/mol. The lowest BCUT2D eigenvalue weighted by Gasteiger charge is -2.13. The van der Waals surface area contributed by atoms with Gasteiger partial charge in [0.2, 0.25) is 5.91 Å². The van der Waals surface area contributed by atoms with Crippen LogP contribution in [0, 0.1) is 0 Å². The summed E-state index contributed by atoms with van der Waals surface area (Å²) in [7, 11) is 0. The Morgan fingerprint density at radius 3 is 2.52 bits per heavy atom. The van der Waals surface area contributed by atoms with Crippen LogP contribution in [0.1, 0.15) is 6.92 Å². The number of nitrogens with one attached hydrogen (secondary N) is 1. The van der Waals surface area contributed by atoms with E-state index in [0.717, 1.165) is 22.8 Å². The van der Waals surface area contributed by atoms with Crippen molar-refractivity contribution in [1.29, 1.82) is 0 Å². The van der Waals surface area contributed by atoms with Crippen molar-refractivity contribution < 1.29 is 4.79 Å². The molecule has 3 aromatic rings. The van der Waals surface area contributed by atoms with Crippen LogP contribution in [0.4, 0.5) is 5.69 Å². The Bertz CT molecular complexity index is 762. The van der Waals surface area contributed by atoms with Crippen LogP contribution in [0.3, 0.4) is 0 Å². The van der Waals surface area contributed by atoms with Gasteiger partial charge < -0.3 is 5.32 Å². The zero-order chi connectivity index (χ0) is 14.7. The smallest absolute Gasteiger partial charge is 0.221 e. The number of rotatable bonds is 3. The third-order valence-electron chi connectivity index (χ3n) is 3.15. The lowest BCUT2D eigenvalue weighted by molar-refractivity contribution is -0.114. The summed E-state index contributed by atoms with van der Waals surface area (Å²) < 4.78 is 1.97. The normalized spacial score (nSPS) is 10.3. The number of carbonyl (C=O) groups is 1. The molecule has 0 radical (unpaired) electrons. The van der Waals surface area contributed by atoms with Crippen molar-refractivity contribution in [2.45, 2.75) is 6.92 Å². The van der Waals surface area contributed by atoms with E-state index in [1.807, 2.05) is 65.4 Å². The van der Waals surface area contributed by atoms with Gasteiger partial charge in [-0.05, 0) is 12.1 Å². The first-order valence-corrected chi connectivity index (χ1v) is 6.71. The highest BCUT2D eigenvalue weighted by molar-refractivity contribution is 5.91. The highest BCUT2D eigenvalue weighted by atomic mass is 16.1. The molecular formula is C17H15N3O. The van der Waals surface area contributed by atoms with Crippen molar-refractivity contribution in [3.63, 3.8) is 0 Å². The molecule has 0 aliphatic rings. The van der Waals surface area contributed by atoms with Crippen molar-refractivity contribution in [2.75, 3.05) is 5.32 Å². The van der Waals surface area contributed by atoms with Gasteiger partial charge >= 0.3 is 0 Å². The molecule has 0 aliphatic heterocycles. The van der Waals surface area contributed by atoms with Crippen LogP contribution in [-0.2, 0) is 4.79 Å². The molecule has 0 saturated carbocycles. The summed E-state index contributed by atoms with van der Waals surface area (Å²) in [6, 6.07) is 17.6. The minimum atomic E-state index is -0.0937.